The zero-order chi connectivity index (χ0) is 45.3. The minimum absolute atomic E-state index is 0.291. The van der Waals surface area contributed by atoms with E-state index in [4.69, 9.17) is 0 Å². The lowest BCUT2D eigenvalue weighted by molar-refractivity contribution is -0.126. The topological polar surface area (TPSA) is 148 Å². The average molecular weight is 903 g/mol. The zero-order valence-electron chi connectivity index (χ0n) is 37.1. The molecule has 2 fully saturated rings. The monoisotopic (exact) mass is 902 g/mol. The van der Waals surface area contributed by atoms with Crippen LogP contribution in [-0.2, 0) is 57.4 Å². The highest BCUT2D eigenvalue weighted by atomic mass is 32.2. The molecule has 12 nitrogen and oxygen atoms in total. The Morgan fingerprint density at radius 3 is 1.67 bits per heavy atom. The molecule has 4 aliphatic rings. The second-order valence-corrected chi connectivity index (χ2v) is 21.8. The van der Waals surface area contributed by atoms with Gasteiger partial charge in [-0.15, -0.1) is 0 Å². The molecule has 6 aromatic rings. The first-order chi connectivity index (χ1) is 30.6. The van der Waals surface area contributed by atoms with Crippen LogP contribution in [0.25, 0.3) is 0 Å². The van der Waals surface area contributed by atoms with Gasteiger partial charge in [0.15, 0.2) is 0 Å². The predicted octanol–water partition coefficient (Wildman–Crippen LogP) is 8.22. The van der Waals surface area contributed by atoms with Gasteiger partial charge in [0.1, 0.15) is 17.2 Å². The van der Waals surface area contributed by atoms with E-state index < -0.39 is 36.5 Å². The number of hydrogen-bond donors (Lipinski definition) is 1. The fourth-order valence-corrected chi connectivity index (χ4v) is 13.4. The smallest absolute Gasteiger partial charge is 0.264 e. The number of benzene rings is 4. The lowest BCUT2D eigenvalue weighted by Gasteiger charge is -2.41. The molecule has 2 aromatic heterocycles. The van der Waals surface area contributed by atoms with Gasteiger partial charge in [0, 0.05) is 69.2 Å². The summed E-state index contributed by atoms with van der Waals surface area (Å²) in [5, 5.41) is 12.0. The molecule has 0 saturated heterocycles. The number of aryl methyl sites for hydroxylation is 4. The molecule has 0 bridgehead atoms. The van der Waals surface area contributed by atoms with Gasteiger partial charge in [0.05, 0.1) is 27.5 Å². The molecular formula is C50H58N6O6S2. The molecular weight excluding hydrogens is 845 g/mol. The summed E-state index contributed by atoms with van der Waals surface area (Å²) in [6.07, 6.45) is 16.1. The van der Waals surface area contributed by atoms with Gasteiger partial charge in [-0.05, 0) is 119 Å². The third-order valence-electron chi connectivity index (χ3n) is 13.9. The highest BCUT2D eigenvalue weighted by Crippen LogP contribution is 2.58. The van der Waals surface area contributed by atoms with E-state index in [0.29, 0.717) is 84.4 Å². The molecule has 4 heterocycles. The number of fused-ring (bicyclic) bond motifs is 2. The van der Waals surface area contributed by atoms with Gasteiger partial charge < -0.3 is 14.2 Å². The van der Waals surface area contributed by atoms with E-state index in [9.17, 15) is 26.7 Å². The number of aliphatic hydroxyl groups is 1. The van der Waals surface area contributed by atoms with Crippen LogP contribution in [-0.4, -0.2) is 59.9 Å². The number of para-hydroxylation sites is 2. The van der Waals surface area contributed by atoms with Crippen LogP contribution in [0.15, 0.2) is 138 Å². The van der Waals surface area contributed by atoms with Gasteiger partial charge >= 0.3 is 0 Å². The highest BCUT2D eigenvalue weighted by molar-refractivity contribution is 7.93. The molecule has 14 heteroatoms. The largest absolute Gasteiger partial charge is 0.381 e. The summed E-state index contributed by atoms with van der Waals surface area (Å²) < 4.78 is 60.9. The minimum Gasteiger partial charge on any atom is -0.381 e. The number of nitrogens with zero attached hydrogens (tertiary/aromatic N) is 6. The minimum atomic E-state index is -3.73. The number of rotatable bonds is 5. The summed E-state index contributed by atoms with van der Waals surface area (Å²) in [6, 6.07) is 29.3. The molecule has 2 saturated carbocycles. The van der Waals surface area contributed by atoms with Crippen molar-refractivity contribution in [1.82, 2.24) is 19.1 Å². The van der Waals surface area contributed by atoms with Crippen molar-refractivity contribution in [3.63, 3.8) is 0 Å². The van der Waals surface area contributed by atoms with Crippen molar-refractivity contribution in [1.29, 1.82) is 0 Å². The number of anilines is 2. The summed E-state index contributed by atoms with van der Waals surface area (Å²) in [6.45, 7) is 4.55. The molecule has 0 amide bonds. The van der Waals surface area contributed by atoms with Crippen molar-refractivity contribution in [2.75, 3.05) is 21.7 Å². The second-order valence-electron chi connectivity index (χ2n) is 18.0. The van der Waals surface area contributed by atoms with Crippen molar-refractivity contribution in [3.05, 3.63) is 156 Å². The normalized spacial score (nSPS) is 23.0. The molecule has 2 spiro atoms. The number of hydrogen-bond acceptors (Lipinski definition) is 8. The van der Waals surface area contributed by atoms with Gasteiger partial charge in [-0.25, -0.2) is 26.8 Å². The molecule has 64 heavy (non-hydrogen) atoms. The average Bonchev–Trinajstić information content (AvgIpc) is 4.04. The fraction of sp³-hybridized carbons (Fsp3) is 0.380. The highest BCUT2D eigenvalue weighted by Gasteiger charge is 2.58. The van der Waals surface area contributed by atoms with Crippen LogP contribution in [0.4, 0.5) is 11.4 Å². The molecule has 3 atom stereocenters. The first-order valence-electron chi connectivity index (χ1n) is 22.1. The van der Waals surface area contributed by atoms with Crippen LogP contribution >= 0.6 is 0 Å². The fourth-order valence-electron chi connectivity index (χ4n) is 10.4. The van der Waals surface area contributed by atoms with Gasteiger partial charge in [-0.2, -0.15) is 0 Å². The number of sulfonamides is 2. The third kappa shape index (κ3) is 8.43. The van der Waals surface area contributed by atoms with Crippen molar-refractivity contribution in [2.45, 2.75) is 93.4 Å². The van der Waals surface area contributed by atoms with E-state index in [1.54, 1.807) is 47.3 Å². The SMILES string of the molecule is Cc1ccc(S(=O)(=O)N2CCC3(CCCC3(O)c3nccn3C)Cc3ccccc32)cc1.Cc1ccc(S(=O)(=O)N2CCC3(CCCC3=O)Cc3ccccc32)cc1.Cn1ccnc1. The van der Waals surface area contributed by atoms with Crippen LogP contribution in [0.1, 0.15) is 79.4 Å². The van der Waals surface area contributed by atoms with Crippen LogP contribution in [0.2, 0.25) is 0 Å². The van der Waals surface area contributed by atoms with Crippen LogP contribution in [0.5, 0.6) is 0 Å². The summed E-state index contributed by atoms with van der Waals surface area (Å²) in [4.78, 5) is 21.5. The number of ketones is 1. The Bertz CT molecular complexity index is 2830. The first kappa shape index (κ1) is 45.0. The quantitative estimate of drug-likeness (QED) is 0.182. The van der Waals surface area contributed by atoms with Gasteiger partial charge in [0.2, 0.25) is 0 Å². The van der Waals surface area contributed by atoms with Crippen molar-refractivity contribution < 1.29 is 26.7 Å². The number of aromatic nitrogens is 4. The Hall–Kier alpha value is -5.57. The maximum Gasteiger partial charge on any atom is 0.264 e. The van der Waals surface area contributed by atoms with Crippen molar-refractivity contribution in [2.24, 2.45) is 24.9 Å². The lowest BCUT2D eigenvalue weighted by Crippen LogP contribution is -2.45. The number of imidazole rings is 2. The second kappa shape index (κ2) is 17.8. The molecule has 2 aliphatic carbocycles. The zero-order valence-corrected chi connectivity index (χ0v) is 38.7. The summed E-state index contributed by atoms with van der Waals surface area (Å²) in [5.74, 6) is 0.962. The molecule has 3 unspecified atom stereocenters. The first-order valence-corrected chi connectivity index (χ1v) is 25.0. The van der Waals surface area contributed by atoms with E-state index in [1.165, 1.54) is 4.31 Å². The molecule has 1 N–H and O–H groups in total. The number of carbonyl (C=O) groups is 1. The van der Waals surface area contributed by atoms with Crippen LogP contribution in [0, 0.1) is 24.7 Å². The van der Waals surface area contributed by atoms with E-state index in [0.717, 1.165) is 47.9 Å². The Morgan fingerprint density at radius 1 is 0.625 bits per heavy atom. The lowest BCUT2D eigenvalue weighted by atomic mass is 9.68. The molecule has 4 aromatic carbocycles. The molecule has 336 valence electrons. The maximum atomic E-state index is 13.7. The Balaban J connectivity index is 0.000000157. The van der Waals surface area contributed by atoms with Crippen molar-refractivity contribution >= 4 is 37.2 Å². The van der Waals surface area contributed by atoms with Gasteiger partial charge in [-0.3, -0.25) is 13.4 Å². The summed E-state index contributed by atoms with van der Waals surface area (Å²) in [5.41, 5.74) is 3.41. The van der Waals surface area contributed by atoms with Gasteiger partial charge in [-0.1, -0.05) is 71.8 Å². The third-order valence-corrected chi connectivity index (χ3v) is 17.6. The maximum absolute atomic E-state index is 13.7. The Labute approximate surface area is 377 Å². The summed E-state index contributed by atoms with van der Waals surface area (Å²) in [7, 11) is -3.54. The molecule has 10 rings (SSSR count). The van der Waals surface area contributed by atoms with E-state index >= 15 is 0 Å². The number of carbonyl (C=O) groups excluding carboxylic acids is 1. The van der Waals surface area contributed by atoms with Crippen molar-refractivity contribution in [3.8, 4) is 0 Å². The Kier molecular flexibility index (Phi) is 12.5. The number of Topliss-reactive ketones (excluding diaryl/α,β-unsaturated/α-hetero) is 1. The predicted molar refractivity (Wildman–Crippen MR) is 249 cm³/mol. The van der Waals surface area contributed by atoms with E-state index in [-0.39, 0.29) is 0 Å². The van der Waals surface area contributed by atoms with Crippen LogP contribution < -0.4 is 8.61 Å². The molecule has 0 radical (unpaired) electrons. The molecule has 2 aliphatic heterocycles. The van der Waals surface area contributed by atoms with Gasteiger partial charge in [0.25, 0.3) is 20.0 Å². The van der Waals surface area contributed by atoms with E-state index in [1.807, 2.05) is 122 Å². The Morgan fingerprint density at radius 2 is 1.19 bits per heavy atom. The van der Waals surface area contributed by atoms with E-state index in [2.05, 4.69) is 9.97 Å². The standard InChI is InChI=1S/C25H29N3O3S.C21H23NO3S.C4H6N2/c1-19-8-10-21(11-9-19)32(30,31)28-16-14-24(18-20-6-3-4-7-22(20)28)12-5-13-25(24,29)23-26-15-17-27(23)2;1-16-8-10-18(11-9-16)26(24,25)22-14-13-21(12-4-7-20(21)23)15-17-5-2-3-6-19(17)22;1-6-3-2-5-4-6/h3-4,6-11,15,17,29H,5,12-14,16,18H2,1-2H3;2-3,5-6,8-11H,4,7,12-15H2,1H3;2-4H,1H3. The van der Waals surface area contributed by atoms with Crippen LogP contribution in [0.3, 0.4) is 0 Å². The summed E-state index contributed by atoms with van der Waals surface area (Å²) >= 11 is 0.